The van der Waals surface area contributed by atoms with Gasteiger partial charge < -0.3 is 10.2 Å². The normalized spacial score (nSPS) is 11.8. The van der Waals surface area contributed by atoms with Gasteiger partial charge in [0.2, 0.25) is 0 Å². The predicted molar refractivity (Wildman–Crippen MR) is 92.9 cm³/mol. The molecular formula is C16H22N4OS. The Balaban J connectivity index is 1.92. The SMILES string of the molecule is Cc1ccc(C[C@@H](C)NC(=O)Nc2ncccc2N(C)C)s1. The Labute approximate surface area is 135 Å². The van der Waals surface area contributed by atoms with E-state index < -0.39 is 0 Å². The highest BCUT2D eigenvalue weighted by atomic mass is 32.1. The molecule has 2 aromatic heterocycles. The zero-order valence-electron chi connectivity index (χ0n) is 13.4. The Morgan fingerprint density at radius 2 is 2.14 bits per heavy atom. The minimum absolute atomic E-state index is 0.0598. The fourth-order valence-corrected chi connectivity index (χ4v) is 3.19. The lowest BCUT2D eigenvalue weighted by Crippen LogP contribution is -2.37. The van der Waals surface area contributed by atoms with Crippen LogP contribution in [0, 0.1) is 6.92 Å². The Hall–Kier alpha value is -2.08. The van der Waals surface area contributed by atoms with Gasteiger partial charge >= 0.3 is 6.03 Å². The van der Waals surface area contributed by atoms with Gasteiger partial charge in [-0.15, -0.1) is 11.3 Å². The Kier molecular flexibility index (Phi) is 5.38. The topological polar surface area (TPSA) is 57.3 Å². The van der Waals surface area contributed by atoms with E-state index in [-0.39, 0.29) is 12.1 Å². The fraction of sp³-hybridized carbons (Fsp3) is 0.375. The van der Waals surface area contributed by atoms with Crippen LogP contribution in [-0.2, 0) is 6.42 Å². The third-order valence-electron chi connectivity index (χ3n) is 3.18. The van der Waals surface area contributed by atoms with Crippen LogP contribution in [0.4, 0.5) is 16.3 Å². The number of thiophene rings is 1. The van der Waals surface area contributed by atoms with Gasteiger partial charge in [-0.05, 0) is 38.1 Å². The number of rotatable bonds is 5. The quantitative estimate of drug-likeness (QED) is 0.889. The summed E-state index contributed by atoms with van der Waals surface area (Å²) in [4.78, 5) is 20.8. The molecule has 22 heavy (non-hydrogen) atoms. The molecule has 0 spiro atoms. The van der Waals surface area contributed by atoms with Crippen molar-refractivity contribution in [2.45, 2.75) is 26.3 Å². The van der Waals surface area contributed by atoms with Gasteiger partial charge in [0, 0.05) is 42.5 Å². The van der Waals surface area contributed by atoms with Crippen LogP contribution in [0.25, 0.3) is 0 Å². The Morgan fingerprint density at radius 3 is 2.77 bits per heavy atom. The molecule has 118 valence electrons. The molecule has 0 saturated heterocycles. The molecule has 5 nitrogen and oxygen atoms in total. The highest BCUT2D eigenvalue weighted by molar-refractivity contribution is 7.11. The molecule has 6 heteroatoms. The van der Waals surface area contributed by atoms with Crippen LogP contribution in [0.3, 0.4) is 0 Å². The molecule has 2 rings (SSSR count). The number of urea groups is 1. The number of nitrogens with one attached hydrogen (secondary N) is 2. The van der Waals surface area contributed by atoms with Crippen molar-refractivity contribution in [3.63, 3.8) is 0 Å². The highest BCUT2D eigenvalue weighted by Crippen LogP contribution is 2.20. The lowest BCUT2D eigenvalue weighted by molar-refractivity contribution is 0.249. The van der Waals surface area contributed by atoms with E-state index in [0.717, 1.165) is 12.1 Å². The van der Waals surface area contributed by atoms with Crippen molar-refractivity contribution in [3.8, 4) is 0 Å². The van der Waals surface area contributed by atoms with E-state index in [9.17, 15) is 4.79 Å². The molecule has 0 aliphatic carbocycles. The van der Waals surface area contributed by atoms with E-state index >= 15 is 0 Å². The Bertz CT molecular complexity index is 639. The second kappa shape index (κ2) is 7.26. The van der Waals surface area contributed by atoms with Crippen molar-refractivity contribution in [1.82, 2.24) is 10.3 Å². The molecular weight excluding hydrogens is 296 g/mol. The highest BCUT2D eigenvalue weighted by Gasteiger charge is 2.12. The summed E-state index contributed by atoms with van der Waals surface area (Å²) in [6.07, 6.45) is 2.50. The van der Waals surface area contributed by atoms with Crippen molar-refractivity contribution < 1.29 is 4.79 Å². The van der Waals surface area contributed by atoms with Crippen LogP contribution in [-0.4, -0.2) is 31.2 Å². The summed E-state index contributed by atoms with van der Waals surface area (Å²) < 4.78 is 0. The van der Waals surface area contributed by atoms with Gasteiger partial charge in [0.05, 0.1) is 5.69 Å². The van der Waals surface area contributed by atoms with Crippen LogP contribution < -0.4 is 15.5 Å². The van der Waals surface area contributed by atoms with Gasteiger partial charge in [-0.25, -0.2) is 9.78 Å². The molecule has 2 heterocycles. The average molecular weight is 318 g/mol. The summed E-state index contributed by atoms with van der Waals surface area (Å²) in [6, 6.07) is 7.80. The largest absolute Gasteiger partial charge is 0.375 e. The minimum Gasteiger partial charge on any atom is -0.375 e. The molecule has 0 saturated carbocycles. The van der Waals surface area contributed by atoms with Gasteiger partial charge in [-0.3, -0.25) is 5.32 Å². The summed E-state index contributed by atoms with van der Waals surface area (Å²) >= 11 is 1.76. The van der Waals surface area contributed by atoms with Crippen molar-refractivity contribution in [1.29, 1.82) is 0 Å². The molecule has 0 radical (unpaired) electrons. The second-order valence-electron chi connectivity index (χ2n) is 5.48. The number of aryl methyl sites for hydroxylation is 1. The summed E-state index contributed by atoms with van der Waals surface area (Å²) in [5.74, 6) is 0.559. The molecule has 0 aliphatic heterocycles. The summed E-state index contributed by atoms with van der Waals surface area (Å²) in [5.41, 5.74) is 0.874. The maximum absolute atomic E-state index is 12.1. The van der Waals surface area contributed by atoms with E-state index in [1.165, 1.54) is 9.75 Å². The number of carbonyl (C=O) groups excluding carboxylic acids is 1. The average Bonchev–Trinajstić information content (AvgIpc) is 2.83. The lowest BCUT2D eigenvalue weighted by Gasteiger charge is -2.18. The van der Waals surface area contributed by atoms with Gasteiger partial charge in [-0.2, -0.15) is 0 Å². The molecule has 0 aliphatic rings. The smallest absolute Gasteiger partial charge is 0.320 e. The number of carbonyl (C=O) groups is 1. The lowest BCUT2D eigenvalue weighted by atomic mass is 10.2. The summed E-state index contributed by atoms with van der Waals surface area (Å²) in [5, 5.41) is 5.76. The molecule has 0 aromatic carbocycles. The molecule has 0 bridgehead atoms. The Morgan fingerprint density at radius 1 is 1.36 bits per heavy atom. The van der Waals surface area contributed by atoms with Crippen molar-refractivity contribution in [3.05, 3.63) is 40.2 Å². The van der Waals surface area contributed by atoms with E-state index in [0.29, 0.717) is 5.82 Å². The zero-order valence-corrected chi connectivity index (χ0v) is 14.2. The van der Waals surface area contributed by atoms with Gasteiger partial charge in [0.1, 0.15) is 0 Å². The third-order valence-corrected chi connectivity index (χ3v) is 4.20. The first kappa shape index (κ1) is 16.3. The van der Waals surface area contributed by atoms with E-state index in [1.54, 1.807) is 17.5 Å². The van der Waals surface area contributed by atoms with Gasteiger partial charge in [0.25, 0.3) is 0 Å². The van der Waals surface area contributed by atoms with E-state index in [2.05, 4.69) is 34.7 Å². The van der Waals surface area contributed by atoms with Gasteiger partial charge in [-0.1, -0.05) is 0 Å². The van der Waals surface area contributed by atoms with Crippen LogP contribution in [0.2, 0.25) is 0 Å². The maximum atomic E-state index is 12.1. The summed E-state index contributed by atoms with van der Waals surface area (Å²) in [7, 11) is 3.84. The van der Waals surface area contributed by atoms with Crippen LogP contribution in [0.1, 0.15) is 16.7 Å². The number of hydrogen-bond acceptors (Lipinski definition) is 4. The second-order valence-corrected chi connectivity index (χ2v) is 6.85. The number of aromatic nitrogens is 1. The number of nitrogens with zero attached hydrogens (tertiary/aromatic N) is 2. The number of anilines is 2. The molecule has 0 unspecified atom stereocenters. The van der Waals surface area contributed by atoms with Crippen LogP contribution in [0.5, 0.6) is 0 Å². The zero-order chi connectivity index (χ0) is 16.1. The first-order valence-electron chi connectivity index (χ1n) is 7.21. The van der Waals surface area contributed by atoms with Gasteiger partial charge in [0.15, 0.2) is 5.82 Å². The van der Waals surface area contributed by atoms with Crippen molar-refractivity contribution in [2.24, 2.45) is 0 Å². The molecule has 2 aromatic rings. The van der Waals surface area contributed by atoms with E-state index in [4.69, 9.17) is 0 Å². The molecule has 0 fully saturated rings. The summed E-state index contributed by atoms with van der Waals surface area (Å²) in [6.45, 7) is 4.09. The van der Waals surface area contributed by atoms with Crippen LogP contribution >= 0.6 is 11.3 Å². The monoisotopic (exact) mass is 318 g/mol. The van der Waals surface area contributed by atoms with E-state index in [1.807, 2.05) is 38.1 Å². The van der Waals surface area contributed by atoms with Crippen molar-refractivity contribution in [2.75, 3.05) is 24.3 Å². The third kappa shape index (κ3) is 4.46. The predicted octanol–water partition coefficient (Wildman–Crippen LogP) is 3.27. The minimum atomic E-state index is -0.234. The van der Waals surface area contributed by atoms with Crippen molar-refractivity contribution >= 4 is 28.9 Å². The number of hydrogen-bond donors (Lipinski definition) is 2. The fourth-order valence-electron chi connectivity index (χ4n) is 2.17. The number of amides is 2. The molecule has 1 atom stereocenters. The van der Waals surface area contributed by atoms with Crippen LogP contribution in [0.15, 0.2) is 30.5 Å². The number of pyridine rings is 1. The molecule has 2 amide bonds. The first-order chi connectivity index (χ1) is 10.5. The standard InChI is InChI=1S/C16H22N4OS/c1-11(10-13-8-7-12(2)22-13)18-16(21)19-15-14(20(3)4)6-5-9-17-15/h5-9,11H,10H2,1-4H3,(H2,17,18,19,21)/t11-/m1/s1. The maximum Gasteiger partial charge on any atom is 0.320 e. The first-order valence-corrected chi connectivity index (χ1v) is 8.02. The molecule has 2 N–H and O–H groups in total.